The molecule has 1 atom stereocenters. The van der Waals surface area contributed by atoms with E-state index in [1.807, 2.05) is 17.0 Å². The van der Waals surface area contributed by atoms with E-state index >= 15 is 0 Å². The predicted molar refractivity (Wildman–Crippen MR) is 100 cm³/mol. The van der Waals surface area contributed by atoms with Crippen LogP contribution in [-0.4, -0.2) is 75.3 Å². The molecule has 0 bridgehead atoms. The van der Waals surface area contributed by atoms with Crippen molar-refractivity contribution < 1.29 is 14.3 Å². The minimum absolute atomic E-state index is 0.112. The van der Waals surface area contributed by atoms with E-state index in [0.717, 1.165) is 36.0 Å². The molecule has 9 heteroatoms. The van der Waals surface area contributed by atoms with Gasteiger partial charge < -0.3 is 14.4 Å². The van der Waals surface area contributed by atoms with Crippen LogP contribution in [0.2, 0.25) is 0 Å². The van der Waals surface area contributed by atoms with Crippen molar-refractivity contribution in [1.29, 1.82) is 0 Å². The molecule has 2 aromatic rings. The highest BCUT2D eigenvalue weighted by molar-refractivity contribution is 7.99. The monoisotopic (exact) mass is 389 g/mol. The standard InChI is InChI=1S/C18H23N5O3S/c24-16(22-7-10-25-11-8-22)13-27-18-21-20-17(14-3-5-19-6-4-14)23(18)12-15-2-1-9-26-15/h3-6,15H,1-2,7-13H2/t15-/m1/s1. The molecule has 0 spiro atoms. The summed E-state index contributed by atoms with van der Waals surface area (Å²) in [4.78, 5) is 18.4. The molecule has 144 valence electrons. The highest BCUT2D eigenvalue weighted by atomic mass is 32.2. The fraction of sp³-hybridized carbons (Fsp3) is 0.556. The third-order valence-corrected chi connectivity index (χ3v) is 5.71. The maximum Gasteiger partial charge on any atom is 0.233 e. The van der Waals surface area contributed by atoms with Gasteiger partial charge in [-0.1, -0.05) is 11.8 Å². The fourth-order valence-corrected chi connectivity index (χ4v) is 4.15. The van der Waals surface area contributed by atoms with E-state index in [0.29, 0.717) is 38.6 Å². The first kappa shape index (κ1) is 18.4. The first-order valence-corrected chi connectivity index (χ1v) is 10.2. The molecule has 0 saturated carbocycles. The van der Waals surface area contributed by atoms with Crippen LogP contribution >= 0.6 is 11.8 Å². The van der Waals surface area contributed by atoms with E-state index in [1.165, 1.54) is 11.8 Å². The molecule has 1 amide bonds. The number of pyridine rings is 1. The molecule has 2 fully saturated rings. The quantitative estimate of drug-likeness (QED) is 0.692. The number of morpholine rings is 1. The van der Waals surface area contributed by atoms with Gasteiger partial charge in [0.15, 0.2) is 11.0 Å². The smallest absolute Gasteiger partial charge is 0.233 e. The Kier molecular flexibility index (Phi) is 6.00. The third kappa shape index (κ3) is 4.48. The summed E-state index contributed by atoms with van der Waals surface area (Å²) in [5.41, 5.74) is 0.960. The Morgan fingerprint density at radius 2 is 2.00 bits per heavy atom. The van der Waals surface area contributed by atoms with Crippen molar-refractivity contribution in [3.63, 3.8) is 0 Å². The Labute approximate surface area is 162 Å². The summed E-state index contributed by atoms with van der Waals surface area (Å²) in [6, 6.07) is 3.84. The van der Waals surface area contributed by atoms with Gasteiger partial charge >= 0.3 is 0 Å². The topological polar surface area (TPSA) is 82.4 Å². The van der Waals surface area contributed by atoms with E-state index in [9.17, 15) is 4.79 Å². The van der Waals surface area contributed by atoms with Crippen LogP contribution in [0.25, 0.3) is 11.4 Å². The van der Waals surface area contributed by atoms with Crippen LogP contribution in [0.4, 0.5) is 0 Å². The normalized spacial score (nSPS) is 20.1. The van der Waals surface area contributed by atoms with Gasteiger partial charge in [0, 0.05) is 37.7 Å². The molecule has 27 heavy (non-hydrogen) atoms. The summed E-state index contributed by atoms with van der Waals surface area (Å²) >= 11 is 1.43. The summed E-state index contributed by atoms with van der Waals surface area (Å²) in [6.07, 6.45) is 5.76. The van der Waals surface area contributed by atoms with Gasteiger partial charge in [0.2, 0.25) is 5.91 Å². The maximum absolute atomic E-state index is 12.5. The Bertz CT molecular complexity index is 758. The minimum Gasteiger partial charge on any atom is -0.378 e. The van der Waals surface area contributed by atoms with Crippen LogP contribution in [0.15, 0.2) is 29.7 Å². The number of carbonyl (C=O) groups excluding carboxylic acids is 1. The van der Waals surface area contributed by atoms with Crippen LogP contribution in [0.3, 0.4) is 0 Å². The minimum atomic E-state index is 0.112. The van der Waals surface area contributed by atoms with E-state index in [1.54, 1.807) is 12.4 Å². The Balaban J connectivity index is 1.50. The predicted octanol–water partition coefficient (Wildman–Crippen LogP) is 1.47. The van der Waals surface area contributed by atoms with Gasteiger partial charge in [-0.3, -0.25) is 14.3 Å². The van der Waals surface area contributed by atoms with Crippen molar-refractivity contribution in [1.82, 2.24) is 24.6 Å². The number of amides is 1. The average Bonchev–Trinajstić information content (AvgIpc) is 3.38. The largest absolute Gasteiger partial charge is 0.378 e. The lowest BCUT2D eigenvalue weighted by Gasteiger charge is -2.26. The highest BCUT2D eigenvalue weighted by Gasteiger charge is 2.23. The molecule has 2 aromatic heterocycles. The zero-order valence-electron chi connectivity index (χ0n) is 15.1. The van der Waals surface area contributed by atoms with Crippen molar-refractivity contribution >= 4 is 17.7 Å². The van der Waals surface area contributed by atoms with Gasteiger partial charge in [-0.25, -0.2) is 0 Å². The molecule has 0 aliphatic carbocycles. The molecule has 2 aliphatic heterocycles. The second-order valence-electron chi connectivity index (χ2n) is 6.57. The molecule has 0 radical (unpaired) electrons. The summed E-state index contributed by atoms with van der Waals surface area (Å²) < 4.78 is 13.2. The lowest BCUT2D eigenvalue weighted by molar-refractivity contribution is -0.132. The number of thioether (sulfide) groups is 1. The number of ether oxygens (including phenoxy) is 2. The summed E-state index contributed by atoms with van der Waals surface area (Å²) in [5, 5.41) is 9.49. The maximum atomic E-state index is 12.5. The molecule has 0 N–H and O–H groups in total. The first-order chi connectivity index (χ1) is 13.3. The van der Waals surface area contributed by atoms with Gasteiger partial charge in [0.05, 0.1) is 31.6 Å². The zero-order chi connectivity index (χ0) is 18.5. The number of rotatable bonds is 6. The number of aromatic nitrogens is 4. The molecule has 0 unspecified atom stereocenters. The molecular formula is C18H23N5O3S. The van der Waals surface area contributed by atoms with Gasteiger partial charge in [-0.2, -0.15) is 0 Å². The van der Waals surface area contributed by atoms with Crippen LogP contribution in [0.5, 0.6) is 0 Å². The van der Waals surface area contributed by atoms with Gasteiger partial charge in [-0.15, -0.1) is 10.2 Å². The van der Waals surface area contributed by atoms with Crippen molar-refractivity contribution in [3.8, 4) is 11.4 Å². The third-order valence-electron chi connectivity index (χ3n) is 4.75. The Morgan fingerprint density at radius 3 is 2.74 bits per heavy atom. The SMILES string of the molecule is O=C(CSc1nnc(-c2ccncc2)n1C[C@H]1CCCO1)N1CCOCC1. The average molecular weight is 389 g/mol. The van der Waals surface area contributed by atoms with E-state index in [2.05, 4.69) is 19.7 Å². The van der Waals surface area contributed by atoms with E-state index < -0.39 is 0 Å². The number of nitrogens with zero attached hydrogens (tertiary/aromatic N) is 5. The Hall–Kier alpha value is -1.97. The summed E-state index contributed by atoms with van der Waals surface area (Å²) in [6.45, 7) is 4.03. The molecule has 8 nitrogen and oxygen atoms in total. The number of carbonyl (C=O) groups is 1. The van der Waals surface area contributed by atoms with E-state index in [-0.39, 0.29) is 12.0 Å². The summed E-state index contributed by atoms with van der Waals surface area (Å²) in [7, 11) is 0. The van der Waals surface area contributed by atoms with Gasteiger partial charge in [0.25, 0.3) is 0 Å². The second-order valence-corrected chi connectivity index (χ2v) is 7.51. The van der Waals surface area contributed by atoms with Crippen molar-refractivity contribution in [2.24, 2.45) is 0 Å². The fourth-order valence-electron chi connectivity index (χ4n) is 3.30. The summed E-state index contributed by atoms with van der Waals surface area (Å²) in [5.74, 6) is 1.25. The molecule has 4 heterocycles. The number of hydrogen-bond acceptors (Lipinski definition) is 7. The second kappa shape index (κ2) is 8.81. The molecular weight excluding hydrogens is 366 g/mol. The lowest BCUT2D eigenvalue weighted by Crippen LogP contribution is -2.41. The molecule has 4 rings (SSSR count). The van der Waals surface area contributed by atoms with Crippen LogP contribution in [0.1, 0.15) is 12.8 Å². The van der Waals surface area contributed by atoms with Crippen LogP contribution < -0.4 is 0 Å². The first-order valence-electron chi connectivity index (χ1n) is 9.25. The van der Waals surface area contributed by atoms with E-state index in [4.69, 9.17) is 9.47 Å². The van der Waals surface area contributed by atoms with Crippen LogP contribution in [-0.2, 0) is 20.8 Å². The molecule has 2 saturated heterocycles. The zero-order valence-corrected chi connectivity index (χ0v) is 15.9. The lowest BCUT2D eigenvalue weighted by atomic mass is 10.2. The van der Waals surface area contributed by atoms with Crippen molar-refractivity contribution in [2.45, 2.75) is 30.6 Å². The molecule has 2 aliphatic rings. The van der Waals surface area contributed by atoms with Crippen LogP contribution in [0, 0.1) is 0 Å². The number of hydrogen-bond donors (Lipinski definition) is 0. The molecule has 0 aromatic carbocycles. The van der Waals surface area contributed by atoms with Crippen molar-refractivity contribution in [3.05, 3.63) is 24.5 Å². The highest BCUT2D eigenvalue weighted by Crippen LogP contribution is 2.26. The van der Waals surface area contributed by atoms with Crippen molar-refractivity contribution in [2.75, 3.05) is 38.7 Å². The Morgan fingerprint density at radius 1 is 1.19 bits per heavy atom. The van der Waals surface area contributed by atoms with Gasteiger partial charge in [0.1, 0.15) is 0 Å². The van der Waals surface area contributed by atoms with Gasteiger partial charge in [-0.05, 0) is 25.0 Å².